The Balaban J connectivity index is 3.14. The van der Waals surface area contributed by atoms with Gasteiger partial charge in [0.15, 0.2) is 0 Å². The Morgan fingerprint density at radius 3 is 2.72 bits per heavy atom. The van der Waals surface area contributed by atoms with Gasteiger partial charge in [0.2, 0.25) is 0 Å². The number of aromatic nitrogens is 2. The van der Waals surface area contributed by atoms with Crippen LogP contribution in [0.1, 0.15) is 44.5 Å². The van der Waals surface area contributed by atoms with Gasteiger partial charge in [-0.3, -0.25) is 4.68 Å². The fourth-order valence-corrected chi connectivity index (χ4v) is 2.43. The second kappa shape index (κ2) is 6.23. The fourth-order valence-electron chi connectivity index (χ4n) is 1.59. The first kappa shape index (κ1) is 15.8. The van der Waals surface area contributed by atoms with E-state index in [1.165, 1.54) is 0 Å². The number of hydrogen-bond acceptors (Lipinski definition) is 3. The highest BCUT2D eigenvalue weighted by atomic mass is 127. The molecule has 0 aliphatic heterocycles. The van der Waals surface area contributed by atoms with Crippen LogP contribution in [0.3, 0.4) is 0 Å². The standard InChI is InChI=1S/C12H18ClIN2O2/c1-5-12(4,8(3)13)16-7-9(10(14)15-16)11(17)18-6-2/h7-8H,5-6H2,1-4H3/t8?,12-/m1/s1. The summed E-state index contributed by atoms with van der Waals surface area (Å²) in [5.74, 6) is -0.339. The van der Waals surface area contributed by atoms with E-state index in [1.807, 2.05) is 36.4 Å². The molecule has 0 spiro atoms. The van der Waals surface area contributed by atoms with Gasteiger partial charge in [-0.15, -0.1) is 11.6 Å². The molecule has 1 rings (SSSR count). The third kappa shape index (κ3) is 2.99. The number of esters is 1. The average Bonchev–Trinajstić information content (AvgIpc) is 2.70. The van der Waals surface area contributed by atoms with Gasteiger partial charge in [-0.05, 0) is 49.8 Å². The van der Waals surface area contributed by atoms with E-state index in [9.17, 15) is 4.79 Å². The molecule has 4 nitrogen and oxygen atoms in total. The summed E-state index contributed by atoms with van der Waals surface area (Å²) in [6.07, 6.45) is 2.56. The number of carbonyl (C=O) groups excluding carboxylic acids is 1. The van der Waals surface area contributed by atoms with Crippen LogP contribution in [0.5, 0.6) is 0 Å². The Hall–Kier alpha value is -0.300. The molecular weight excluding hydrogens is 367 g/mol. The zero-order chi connectivity index (χ0) is 13.9. The molecule has 102 valence electrons. The summed E-state index contributed by atoms with van der Waals surface area (Å²) in [5.41, 5.74) is 0.182. The summed E-state index contributed by atoms with van der Waals surface area (Å²) in [6, 6.07) is 0. The second-order valence-corrected chi connectivity index (χ2v) is 6.00. The Morgan fingerprint density at radius 1 is 1.67 bits per heavy atom. The quantitative estimate of drug-likeness (QED) is 0.444. The first-order chi connectivity index (χ1) is 8.36. The first-order valence-electron chi connectivity index (χ1n) is 5.93. The number of halogens is 2. The Morgan fingerprint density at radius 2 is 2.28 bits per heavy atom. The van der Waals surface area contributed by atoms with Gasteiger partial charge in [0, 0.05) is 6.20 Å². The lowest BCUT2D eigenvalue weighted by atomic mass is 9.95. The smallest absolute Gasteiger partial charge is 0.342 e. The first-order valence-corrected chi connectivity index (χ1v) is 7.45. The van der Waals surface area contributed by atoms with E-state index in [-0.39, 0.29) is 16.9 Å². The molecule has 0 saturated heterocycles. The number of carbonyl (C=O) groups is 1. The lowest BCUT2D eigenvalue weighted by Gasteiger charge is -2.31. The van der Waals surface area contributed by atoms with Crippen LogP contribution in [-0.2, 0) is 10.3 Å². The van der Waals surface area contributed by atoms with Crippen LogP contribution in [0.25, 0.3) is 0 Å². The molecule has 0 fully saturated rings. The highest BCUT2D eigenvalue weighted by Crippen LogP contribution is 2.29. The van der Waals surface area contributed by atoms with Crippen molar-refractivity contribution < 1.29 is 9.53 Å². The highest BCUT2D eigenvalue weighted by Gasteiger charge is 2.32. The SMILES string of the molecule is CCOC(=O)c1cn([C@](C)(CC)C(C)Cl)nc1I. The number of alkyl halides is 1. The normalized spacial score (nSPS) is 16.1. The minimum absolute atomic E-state index is 0.0896. The summed E-state index contributed by atoms with van der Waals surface area (Å²) in [5, 5.41) is 4.31. The van der Waals surface area contributed by atoms with E-state index in [2.05, 4.69) is 12.0 Å². The number of hydrogen-bond donors (Lipinski definition) is 0. The van der Waals surface area contributed by atoms with Crippen molar-refractivity contribution in [3.63, 3.8) is 0 Å². The number of ether oxygens (including phenoxy) is 1. The molecule has 0 saturated carbocycles. The molecule has 6 heteroatoms. The Kier molecular flexibility index (Phi) is 5.46. The number of rotatable bonds is 5. The maximum absolute atomic E-state index is 11.8. The van der Waals surface area contributed by atoms with Gasteiger partial charge >= 0.3 is 5.97 Å². The highest BCUT2D eigenvalue weighted by molar-refractivity contribution is 14.1. The van der Waals surface area contributed by atoms with E-state index in [4.69, 9.17) is 16.3 Å². The maximum atomic E-state index is 11.8. The predicted molar refractivity (Wildman–Crippen MR) is 80.2 cm³/mol. The average molecular weight is 385 g/mol. The van der Waals surface area contributed by atoms with Crippen LogP contribution >= 0.6 is 34.2 Å². The lowest BCUT2D eigenvalue weighted by molar-refractivity contribution is 0.0525. The van der Waals surface area contributed by atoms with Gasteiger partial charge < -0.3 is 4.74 Å². The molecule has 0 bridgehead atoms. The number of nitrogens with zero attached hydrogens (tertiary/aromatic N) is 2. The summed E-state index contributed by atoms with van der Waals surface area (Å²) in [7, 11) is 0. The van der Waals surface area contributed by atoms with Crippen molar-refractivity contribution >= 4 is 40.2 Å². The minimum Gasteiger partial charge on any atom is -0.462 e. The van der Waals surface area contributed by atoms with Gasteiger partial charge in [-0.2, -0.15) is 5.10 Å². The molecule has 0 amide bonds. The monoisotopic (exact) mass is 384 g/mol. The molecule has 0 N–H and O–H groups in total. The molecule has 2 atom stereocenters. The largest absolute Gasteiger partial charge is 0.462 e. The van der Waals surface area contributed by atoms with Crippen molar-refractivity contribution in [1.29, 1.82) is 0 Å². The maximum Gasteiger partial charge on any atom is 0.342 e. The summed E-state index contributed by atoms with van der Waals surface area (Å²) >= 11 is 8.28. The van der Waals surface area contributed by atoms with Crippen molar-refractivity contribution in [1.82, 2.24) is 9.78 Å². The van der Waals surface area contributed by atoms with Gasteiger partial charge in [0.25, 0.3) is 0 Å². The summed E-state index contributed by atoms with van der Waals surface area (Å²) < 4.78 is 7.42. The van der Waals surface area contributed by atoms with Crippen molar-refractivity contribution in [2.24, 2.45) is 0 Å². The van der Waals surface area contributed by atoms with Crippen LogP contribution in [0.15, 0.2) is 6.20 Å². The minimum atomic E-state index is -0.339. The van der Waals surface area contributed by atoms with E-state index < -0.39 is 0 Å². The van der Waals surface area contributed by atoms with Crippen LogP contribution in [0.4, 0.5) is 0 Å². The molecule has 18 heavy (non-hydrogen) atoms. The molecule has 1 heterocycles. The molecule has 0 aromatic carbocycles. The summed E-state index contributed by atoms with van der Waals surface area (Å²) in [4.78, 5) is 11.8. The fraction of sp³-hybridized carbons (Fsp3) is 0.667. The third-order valence-electron chi connectivity index (χ3n) is 3.26. The van der Waals surface area contributed by atoms with Crippen molar-refractivity contribution in [3.05, 3.63) is 15.5 Å². The van der Waals surface area contributed by atoms with Gasteiger partial charge in [0.1, 0.15) is 9.26 Å². The van der Waals surface area contributed by atoms with Crippen molar-refractivity contribution in [3.8, 4) is 0 Å². The molecule has 1 unspecified atom stereocenters. The summed E-state index contributed by atoms with van der Waals surface area (Å²) in [6.45, 7) is 8.16. The van der Waals surface area contributed by atoms with Crippen molar-refractivity contribution in [2.75, 3.05) is 6.61 Å². The van der Waals surface area contributed by atoms with E-state index in [1.54, 1.807) is 17.8 Å². The third-order valence-corrected chi connectivity index (χ3v) is 4.53. The molecule has 1 aromatic heterocycles. The van der Waals surface area contributed by atoms with E-state index in [0.29, 0.717) is 15.9 Å². The topological polar surface area (TPSA) is 44.1 Å². The van der Waals surface area contributed by atoms with Crippen molar-refractivity contribution in [2.45, 2.75) is 45.0 Å². The van der Waals surface area contributed by atoms with E-state index in [0.717, 1.165) is 6.42 Å². The van der Waals surface area contributed by atoms with Gasteiger partial charge in [-0.1, -0.05) is 6.92 Å². The van der Waals surface area contributed by atoms with Crippen LogP contribution in [-0.4, -0.2) is 27.7 Å². The van der Waals surface area contributed by atoms with Crippen LogP contribution in [0, 0.1) is 3.70 Å². The molecular formula is C12H18ClIN2O2. The van der Waals surface area contributed by atoms with E-state index >= 15 is 0 Å². The lowest BCUT2D eigenvalue weighted by Crippen LogP contribution is -2.37. The molecule has 0 aliphatic carbocycles. The van der Waals surface area contributed by atoms with Gasteiger partial charge in [0.05, 0.1) is 17.5 Å². The molecule has 0 aliphatic rings. The second-order valence-electron chi connectivity index (χ2n) is 4.33. The molecule has 1 aromatic rings. The van der Waals surface area contributed by atoms with Crippen LogP contribution < -0.4 is 0 Å². The Bertz CT molecular complexity index is 434. The Labute approximate surface area is 126 Å². The van der Waals surface area contributed by atoms with Crippen LogP contribution in [0.2, 0.25) is 0 Å². The van der Waals surface area contributed by atoms with Gasteiger partial charge in [-0.25, -0.2) is 4.79 Å². The predicted octanol–water partition coefficient (Wildman–Crippen LogP) is 3.42. The zero-order valence-electron chi connectivity index (χ0n) is 11.0. The molecule has 0 radical (unpaired) electrons. The zero-order valence-corrected chi connectivity index (χ0v) is 13.9.